The number of carbonyl (C=O) groups is 1. The smallest absolute Gasteiger partial charge is 0.310 e. The lowest BCUT2D eigenvalue weighted by Crippen LogP contribution is -2.24. The van der Waals surface area contributed by atoms with Crippen LogP contribution in [-0.4, -0.2) is 44.7 Å². The van der Waals surface area contributed by atoms with Crippen LogP contribution in [-0.2, 0) is 19.4 Å². The molecule has 1 unspecified atom stereocenters. The number of hydrogen-bond acceptors (Lipinski definition) is 8. The van der Waals surface area contributed by atoms with E-state index >= 15 is 0 Å². The lowest BCUT2D eigenvalue weighted by atomic mass is 10.1. The topological polar surface area (TPSA) is 103 Å². The third-order valence-electron chi connectivity index (χ3n) is 3.45. The van der Waals surface area contributed by atoms with E-state index in [2.05, 4.69) is 4.37 Å². The fourth-order valence-corrected chi connectivity index (χ4v) is 5.25. The second-order valence-electron chi connectivity index (χ2n) is 4.98. The number of nitrogen functional groups attached to an aromatic ring is 1. The molecule has 0 radical (unpaired) electrons. The minimum atomic E-state index is -3.44. The largest absolute Gasteiger partial charge is 0.469 e. The summed E-state index contributed by atoms with van der Waals surface area (Å²) in [6.45, 7) is 2.83. The molecular formula is C12H19N3O4S2. The Bertz CT molecular complexity index is 626. The summed E-state index contributed by atoms with van der Waals surface area (Å²) in [6, 6.07) is 0. The van der Waals surface area contributed by atoms with Gasteiger partial charge >= 0.3 is 5.97 Å². The summed E-state index contributed by atoms with van der Waals surface area (Å²) in [6.07, 6.45) is 1.15. The molecule has 9 heteroatoms. The third-order valence-corrected chi connectivity index (χ3v) is 6.47. The molecule has 1 aliphatic rings. The van der Waals surface area contributed by atoms with Gasteiger partial charge < -0.3 is 15.4 Å². The Balaban J connectivity index is 2.29. The molecule has 0 saturated carbocycles. The van der Waals surface area contributed by atoms with Gasteiger partial charge in [0.15, 0.2) is 15.7 Å². The van der Waals surface area contributed by atoms with Crippen molar-refractivity contribution in [1.29, 1.82) is 0 Å². The zero-order chi connectivity index (χ0) is 15.6. The summed E-state index contributed by atoms with van der Waals surface area (Å²) in [5, 5.41) is 0.535. The number of aromatic nitrogens is 1. The van der Waals surface area contributed by atoms with Crippen LogP contribution < -0.4 is 10.6 Å². The molecule has 1 fully saturated rings. The molecule has 2 heterocycles. The van der Waals surface area contributed by atoms with Gasteiger partial charge in [0.1, 0.15) is 9.90 Å². The molecule has 1 aromatic heterocycles. The van der Waals surface area contributed by atoms with Crippen LogP contribution >= 0.6 is 11.5 Å². The molecule has 1 saturated heterocycles. The predicted octanol–water partition coefficient (Wildman–Crippen LogP) is 0.908. The Morgan fingerprint density at radius 2 is 2.29 bits per heavy atom. The van der Waals surface area contributed by atoms with Crippen molar-refractivity contribution in [2.45, 2.75) is 24.7 Å². The first-order valence-corrected chi connectivity index (χ1v) is 9.14. The summed E-state index contributed by atoms with van der Waals surface area (Å²) in [5.74, 6) is -0.422. The molecule has 1 aromatic rings. The number of nitrogens with zero attached hydrogens (tertiary/aromatic N) is 2. The molecule has 7 nitrogen and oxygen atoms in total. The van der Waals surface area contributed by atoms with Crippen LogP contribution in [0, 0.1) is 5.92 Å². The van der Waals surface area contributed by atoms with Crippen LogP contribution in [0.25, 0.3) is 0 Å². The van der Waals surface area contributed by atoms with Crippen molar-refractivity contribution in [3.8, 4) is 0 Å². The van der Waals surface area contributed by atoms with E-state index in [4.69, 9.17) is 10.5 Å². The number of ether oxygens (including phenoxy) is 1. The van der Waals surface area contributed by atoms with Crippen molar-refractivity contribution in [3.63, 3.8) is 0 Å². The van der Waals surface area contributed by atoms with Crippen LogP contribution in [0.15, 0.2) is 4.90 Å². The van der Waals surface area contributed by atoms with Gasteiger partial charge in [-0.15, -0.1) is 0 Å². The predicted molar refractivity (Wildman–Crippen MR) is 81.2 cm³/mol. The average Bonchev–Trinajstić information content (AvgIpc) is 3.04. The maximum atomic E-state index is 12.3. The standard InChI is InChI=1S/C12H19N3O4S2/c1-3-6-21(17,18)9-10(13)14-20-11(9)15-5-4-8(7-15)12(16)19-2/h8H,3-7H2,1-2H3,(H2,13,14). The van der Waals surface area contributed by atoms with Gasteiger partial charge in [-0.05, 0) is 24.4 Å². The van der Waals surface area contributed by atoms with Crippen molar-refractivity contribution in [3.05, 3.63) is 0 Å². The minimum absolute atomic E-state index is 0.0386. The zero-order valence-electron chi connectivity index (χ0n) is 12.0. The summed E-state index contributed by atoms with van der Waals surface area (Å²) in [7, 11) is -2.09. The summed E-state index contributed by atoms with van der Waals surface area (Å²) in [4.78, 5) is 13.5. The van der Waals surface area contributed by atoms with Crippen LogP contribution in [0.2, 0.25) is 0 Å². The van der Waals surface area contributed by atoms with Crippen molar-refractivity contribution in [2.24, 2.45) is 5.92 Å². The van der Waals surface area contributed by atoms with Crippen molar-refractivity contribution in [2.75, 3.05) is 36.6 Å². The third kappa shape index (κ3) is 3.13. The highest BCUT2D eigenvalue weighted by Crippen LogP contribution is 2.38. The SMILES string of the molecule is CCCS(=O)(=O)c1c(N)nsc1N1CCC(C(=O)OC)C1. The Hall–Kier alpha value is -1.35. The van der Waals surface area contributed by atoms with Crippen molar-refractivity contribution >= 4 is 38.2 Å². The molecule has 21 heavy (non-hydrogen) atoms. The molecule has 118 valence electrons. The zero-order valence-corrected chi connectivity index (χ0v) is 13.7. The molecule has 0 bridgehead atoms. The van der Waals surface area contributed by atoms with Gasteiger partial charge in [-0.1, -0.05) is 6.92 Å². The summed E-state index contributed by atoms with van der Waals surface area (Å²) >= 11 is 1.07. The molecule has 0 spiro atoms. The molecule has 0 aromatic carbocycles. The van der Waals surface area contributed by atoms with Crippen molar-refractivity contribution < 1.29 is 17.9 Å². The Morgan fingerprint density at radius 1 is 1.57 bits per heavy atom. The van der Waals surface area contributed by atoms with E-state index in [1.807, 2.05) is 4.90 Å². The molecule has 2 N–H and O–H groups in total. The lowest BCUT2D eigenvalue weighted by molar-refractivity contribution is -0.144. The molecule has 2 rings (SSSR count). The molecular weight excluding hydrogens is 314 g/mol. The summed E-state index contributed by atoms with van der Waals surface area (Å²) < 4.78 is 33.4. The van der Waals surface area contributed by atoms with Gasteiger partial charge in [0.2, 0.25) is 0 Å². The maximum Gasteiger partial charge on any atom is 0.310 e. The number of sulfone groups is 1. The molecule has 0 amide bonds. The van der Waals surface area contributed by atoms with E-state index in [1.165, 1.54) is 7.11 Å². The van der Waals surface area contributed by atoms with Crippen LogP contribution in [0.1, 0.15) is 19.8 Å². The second kappa shape index (κ2) is 6.18. The highest BCUT2D eigenvalue weighted by Gasteiger charge is 2.34. The molecule has 1 aliphatic heterocycles. The van der Waals surface area contributed by atoms with Crippen LogP contribution in [0.3, 0.4) is 0 Å². The summed E-state index contributed by atoms with van der Waals surface area (Å²) in [5.41, 5.74) is 5.75. The fourth-order valence-electron chi connectivity index (χ4n) is 2.45. The van der Waals surface area contributed by atoms with Gasteiger partial charge in [0.05, 0.1) is 18.8 Å². The van der Waals surface area contributed by atoms with Gasteiger partial charge in [-0.25, -0.2) is 8.42 Å². The van der Waals surface area contributed by atoms with Gasteiger partial charge in [0.25, 0.3) is 0 Å². The first-order valence-electron chi connectivity index (χ1n) is 6.71. The van der Waals surface area contributed by atoms with Crippen molar-refractivity contribution in [1.82, 2.24) is 4.37 Å². The van der Waals surface area contributed by atoms with Gasteiger partial charge in [0, 0.05) is 13.1 Å². The van der Waals surface area contributed by atoms with E-state index in [0.29, 0.717) is 30.9 Å². The first-order chi connectivity index (χ1) is 9.90. The highest BCUT2D eigenvalue weighted by atomic mass is 32.2. The Labute approximate surface area is 128 Å². The van der Waals surface area contributed by atoms with E-state index in [-0.39, 0.29) is 28.4 Å². The minimum Gasteiger partial charge on any atom is -0.469 e. The number of anilines is 2. The Morgan fingerprint density at radius 3 is 2.90 bits per heavy atom. The number of rotatable bonds is 5. The van der Waals surface area contributed by atoms with Crippen LogP contribution in [0.5, 0.6) is 0 Å². The normalized spacial score (nSPS) is 19.0. The van der Waals surface area contributed by atoms with E-state index in [1.54, 1.807) is 6.92 Å². The Kier molecular flexibility index (Phi) is 4.72. The number of esters is 1. The van der Waals surface area contributed by atoms with Gasteiger partial charge in [-0.2, -0.15) is 4.37 Å². The number of nitrogens with two attached hydrogens (primary N) is 1. The van der Waals surface area contributed by atoms with E-state index in [0.717, 1.165) is 11.5 Å². The molecule has 0 aliphatic carbocycles. The quantitative estimate of drug-likeness (QED) is 0.799. The van der Waals surface area contributed by atoms with E-state index in [9.17, 15) is 13.2 Å². The average molecular weight is 333 g/mol. The number of carbonyl (C=O) groups excluding carboxylic acids is 1. The first kappa shape index (κ1) is 16.0. The fraction of sp³-hybridized carbons (Fsp3) is 0.667. The number of hydrogen-bond donors (Lipinski definition) is 1. The van der Waals surface area contributed by atoms with E-state index < -0.39 is 9.84 Å². The number of methoxy groups -OCH3 is 1. The van der Waals surface area contributed by atoms with Gasteiger partial charge in [-0.3, -0.25) is 4.79 Å². The lowest BCUT2D eigenvalue weighted by Gasteiger charge is -2.17. The van der Waals surface area contributed by atoms with Crippen LogP contribution in [0.4, 0.5) is 10.8 Å². The molecule has 1 atom stereocenters. The second-order valence-corrected chi connectivity index (χ2v) is 7.77. The highest BCUT2D eigenvalue weighted by molar-refractivity contribution is 7.91. The monoisotopic (exact) mass is 333 g/mol. The maximum absolute atomic E-state index is 12.3.